The van der Waals surface area contributed by atoms with Gasteiger partial charge in [0.15, 0.2) is 16.0 Å². The van der Waals surface area contributed by atoms with Gasteiger partial charge in [-0.1, -0.05) is 18.2 Å². The lowest BCUT2D eigenvalue weighted by molar-refractivity contribution is -0.583. The minimum absolute atomic E-state index is 0.308. The minimum atomic E-state index is -3.20. The number of hydrogen-bond acceptors (Lipinski definition) is 3. The molecule has 0 atom stereocenters. The van der Waals surface area contributed by atoms with Crippen molar-refractivity contribution >= 4 is 15.5 Å². The number of pyridine rings is 1. The summed E-state index contributed by atoms with van der Waals surface area (Å²) in [6.45, 7) is 0. The predicted octanol–water partition coefficient (Wildman–Crippen LogP) is 2.62. The molecule has 0 aliphatic heterocycles. The molecule has 5 heteroatoms. The molecule has 3 rings (SSSR count). The highest BCUT2D eigenvalue weighted by Gasteiger charge is 2.17. The molecular weight excluding hydrogens is 308 g/mol. The Kier molecular flexibility index (Phi) is 3.88. The van der Waals surface area contributed by atoms with Crippen LogP contribution in [0.5, 0.6) is 0 Å². The molecule has 3 aromatic rings. The second-order valence-electron chi connectivity index (χ2n) is 5.35. The molecule has 1 aromatic heterocycles. The Morgan fingerprint density at radius 2 is 1.52 bits per heavy atom. The van der Waals surface area contributed by atoms with E-state index in [0.717, 1.165) is 16.9 Å². The highest BCUT2D eigenvalue weighted by atomic mass is 32.2. The summed E-state index contributed by atoms with van der Waals surface area (Å²) >= 11 is 0. The molecule has 116 valence electrons. The van der Waals surface area contributed by atoms with E-state index in [1.165, 1.54) is 6.26 Å². The Balaban J connectivity index is 2.14. The van der Waals surface area contributed by atoms with Crippen LogP contribution in [0.25, 0.3) is 16.9 Å². The van der Waals surface area contributed by atoms with Gasteiger partial charge in [0.05, 0.1) is 10.6 Å². The average Bonchev–Trinajstić information content (AvgIpc) is 2.55. The fourth-order valence-corrected chi connectivity index (χ4v) is 3.06. The van der Waals surface area contributed by atoms with E-state index in [1.807, 2.05) is 53.2 Å². The van der Waals surface area contributed by atoms with Gasteiger partial charge in [-0.2, -0.15) is 4.57 Å². The molecule has 1 heterocycles. The van der Waals surface area contributed by atoms with Crippen molar-refractivity contribution in [2.75, 3.05) is 12.0 Å². The first kappa shape index (κ1) is 15.2. The standard InChI is InChI=1S/C18H17N2O2S/c1-23(21,22)17-10-7-14(8-11-17)18-12-9-15(19)13-20(18)16-5-3-2-4-6-16/h2-13H,19H2,1H3/q+1. The molecule has 2 aromatic carbocycles. The first-order chi connectivity index (χ1) is 10.9. The van der Waals surface area contributed by atoms with Gasteiger partial charge >= 0.3 is 0 Å². The van der Waals surface area contributed by atoms with Crippen LogP contribution in [0.4, 0.5) is 5.69 Å². The van der Waals surface area contributed by atoms with Crippen LogP contribution in [-0.4, -0.2) is 14.7 Å². The summed E-state index contributed by atoms with van der Waals surface area (Å²) in [5, 5.41) is 0. The van der Waals surface area contributed by atoms with E-state index in [1.54, 1.807) is 24.3 Å². The van der Waals surface area contributed by atoms with Gasteiger partial charge in [0.2, 0.25) is 11.4 Å². The Hall–Kier alpha value is -2.66. The molecule has 0 amide bonds. The van der Waals surface area contributed by atoms with Crippen LogP contribution in [0.3, 0.4) is 0 Å². The maximum absolute atomic E-state index is 11.6. The van der Waals surface area contributed by atoms with E-state index in [4.69, 9.17) is 5.73 Å². The third kappa shape index (κ3) is 3.24. The molecule has 23 heavy (non-hydrogen) atoms. The van der Waals surface area contributed by atoms with Crippen molar-refractivity contribution in [3.63, 3.8) is 0 Å². The number of para-hydroxylation sites is 1. The molecule has 0 unspecified atom stereocenters. The predicted molar refractivity (Wildman–Crippen MR) is 90.9 cm³/mol. The number of hydrogen-bond donors (Lipinski definition) is 1. The smallest absolute Gasteiger partial charge is 0.218 e. The minimum Gasteiger partial charge on any atom is -0.394 e. The van der Waals surface area contributed by atoms with Gasteiger partial charge in [-0.3, -0.25) is 0 Å². The van der Waals surface area contributed by atoms with Gasteiger partial charge in [-0.15, -0.1) is 0 Å². The second kappa shape index (κ2) is 5.85. The van der Waals surface area contributed by atoms with Crippen LogP contribution < -0.4 is 10.3 Å². The van der Waals surface area contributed by atoms with E-state index in [2.05, 4.69) is 0 Å². The number of rotatable bonds is 3. The van der Waals surface area contributed by atoms with Gasteiger partial charge in [-0.05, 0) is 30.3 Å². The topological polar surface area (TPSA) is 64.0 Å². The number of nitrogens with two attached hydrogens (primary N) is 1. The molecule has 0 bridgehead atoms. The zero-order chi connectivity index (χ0) is 16.4. The quantitative estimate of drug-likeness (QED) is 0.753. The molecule has 0 saturated heterocycles. The summed E-state index contributed by atoms with van der Waals surface area (Å²) < 4.78 is 25.2. The van der Waals surface area contributed by atoms with Gasteiger partial charge in [0.1, 0.15) is 0 Å². The van der Waals surface area contributed by atoms with E-state index in [0.29, 0.717) is 10.6 Å². The Labute approximate surface area is 135 Å². The Bertz CT molecular complexity index is 935. The molecule has 0 aliphatic rings. The van der Waals surface area contributed by atoms with E-state index in [-0.39, 0.29) is 0 Å². The SMILES string of the molecule is CS(=O)(=O)c1ccc(-c2ccc(N)c[n+]2-c2ccccc2)cc1. The lowest BCUT2D eigenvalue weighted by Gasteiger charge is -2.05. The first-order valence-corrected chi connectivity index (χ1v) is 9.01. The molecule has 0 saturated carbocycles. The van der Waals surface area contributed by atoms with Crippen molar-refractivity contribution in [1.29, 1.82) is 0 Å². The molecule has 4 nitrogen and oxygen atoms in total. The summed E-state index contributed by atoms with van der Waals surface area (Å²) in [4.78, 5) is 0.308. The average molecular weight is 325 g/mol. The Morgan fingerprint density at radius 3 is 2.13 bits per heavy atom. The van der Waals surface area contributed by atoms with Crippen LogP contribution in [0.2, 0.25) is 0 Å². The van der Waals surface area contributed by atoms with E-state index < -0.39 is 9.84 Å². The van der Waals surface area contributed by atoms with Crippen molar-refractivity contribution in [3.05, 3.63) is 72.9 Å². The molecule has 0 spiro atoms. The third-order valence-electron chi connectivity index (χ3n) is 3.58. The number of nitrogens with zero attached hydrogens (tertiary/aromatic N) is 1. The van der Waals surface area contributed by atoms with Crippen molar-refractivity contribution in [3.8, 4) is 16.9 Å². The van der Waals surface area contributed by atoms with Gasteiger partial charge in [0, 0.05) is 30.0 Å². The maximum atomic E-state index is 11.6. The van der Waals surface area contributed by atoms with Crippen molar-refractivity contribution in [2.45, 2.75) is 4.90 Å². The van der Waals surface area contributed by atoms with Crippen molar-refractivity contribution in [1.82, 2.24) is 0 Å². The summed E-state index contributed by atoms with van der Waals surface area (Å²) in [5.74, 6) is 0. The number of aromatic nitrogens is 1. The lowest BCUT2D eigenvalue weighted by atomic mass is 10.1. The molecule has 0 fully saturated rings. The van der Waals surface area contributed by atoms with Crippen LogP contribution >= 0.6 is 0 Å². The first-order valence-electron chi connectivity index (χ1n) is 7.12. The van der Waals surface area contributed by atoms with Crippen molar-refractivity contribution < 1.29 is 13.0 Å². The number of sulfone groups is 1. The largest absolute Gasteiger partial charge is 0.394 e. The maximum Gasteiger partial charge on any atom is 0.218 e. The van der Waals surface area contributed by atoms with Crippen LogP contribution in [-0.2, 0) is 9.84 Å². The highest BCUT2D eigenvalue weighted by Crippen LogP contribution is 2.20. The molecule has 2 N–H and O–H groups in total. The third-order valence-corrected chi connectivity index (χ3v) is 4.71. The fraction of sp³-hybridized carbons (Fsp3) is 0.0556. The number of benzene rings is 2. The summed E-state index contributed by atoms with van der Waals surface area (Å²) in [6.07, 6.45) is 3.06. The number of nitrogen functional groups attached to an aromatic ring is 1. The molecular formula is C18H17N2O2S+. The van der Waals surface area contributed by atoms with Gasteiger partial charge in [0.25, 0.3) is 0 Å². The zero-order valence-electron chi connectivity index (χ0n) is 12.7. The molecule has 0 radical (unpaired) electrons. The Morgan fingerprint density at radius 1 is 0.870 bits per heavy atom. The summed E-state index contributed by atoms with van der Waals surface area (Å²) in [5.41, 5.74) is 9.42. The van der Waals surface area contributed by atoms with Gasteiger partial charge < -0.3 is 5.73 Å². The lowest BCUT2D eigenvalue weighted by Crippen LogP contribution is -2.33. The van der Waals surface area contributed by atoms with Gasteiger partial charge in [-0.25, -0.2) is 8.42 Å². The monoisotopic (exact) mass is 325 g/mol. The van der Waals surface area contributed by atoms with E-state index in [9.17, 15) is 8.42 Å². The number of anilines is 1. The highest BCUT2D eigenvalue weighted by molar-refractivity contribution is 7.90. The fourth-order valence-electron chi connectivity index (χ4n) is 2.43. The van der Waals surface area contributed by atoms with Crippen LogP contribution in [0.15, 0.2) is 77.8 Å². The second-order valence-corrected chi connectivity index (χ2v) is 7.37. The normalized spacial score (nSPS) is 11.3. The van der Waals surface area contributed by atoms with Crippen LogP contribution in [0.1, 0.15) is 0 Å². The van der Waals surface area contributed by atoms with Crippen molar-refractivity contribution in [2.24, 2.45) is 0 Å². The molecule has 0 aliphatic carbocycles. The summed E-state index contributed by atoms with van der Waals surface area (Å²) in [7, 11) is -3.20. The van der Waals surface area contributed by atoms with Crippen LogP contribution in [0, 0.1) is 0 Å². The summed E-state index contributed by atoms with van der Waals surface area (Å²) in [6, 6.07) is 20.5. The van der Waals surface area contributed by atoms with E-state index >= 15 is 0 Å². The zero-order valence-corrected chi connectivity index (χ0v) is 13.5.